The van der Waals surface area contributed by atoms with Crippen molar-refractivity contribution in [1.29, 1.82) is 0 Å². The molecule has 0 rings (SSSR count). The number of rotatable bonds is 12. The molecule has 0 heteroatoms. The Labute approximate surface area is 104 Å². The van der Waals surface area contributed by atoms with Crippen molar-refractivity contribution in [2.24, 2.45) is 0 Å². The molecule has 0 aliphatic heterocycles. The van der Waals surface area contributed by atoms with Gasteiger partial charge in [0.15, 0.2) is 0 Å². The number of hydrogen-bond acceptors (Lipinski definition) is 0. The van der Waals surface area contributed by atoms with Gasteiger partial charge in [-0.25, -0.2) is 0 Å². The van der Waals surface area contributed by atoms with Gasteiger partial charge in [0.1, 0.15) is 0 Å². The monoisotopic (exact) mass is 223 g/mol. The Morgan fingerprint density at radius 3 is 1.69 bits per heavy atom. The molecular weight excluding hydrogens is 192 g/mol. The average Bonchev–Trinajstić information content (AvgIpc) is 2.31. The van der Waals surface area contributed by atoms with Crippen LogP contribution in [-0.2, 0) is 0 Å². The minimum absolute atomic E-state index is 1.28. The van der Waals surface area contributed by atoms with E-state index in [9.17, 15) is 0 Å². The molecule has 0 aliphatic carbocycles. The second kappa shape index (κ2) is 14.7. The van der Waals surface area contributed by atoms with Crippen molar-refractivity contribution in [3.8, 4) is 0 Å². The Hall–Kier alpha value is -0.260. The first kappa shape index (κ1) is 15.7. The molecule has 0 saturated carbocycles. The van der Waals surface area contributed by atoms with E-state index in [2.05, 4.69) is 32.4 Å². The third-order valence-electron chi connectivity index (χ3n) is 3.00. The molecule has 0 bridgehead atoms. The highest BCUT2D eigenvalue weighted by Gasteiger charge is 1.90. The fourth-order valence-electron chi connectivity index (χ4n) is 1.88. The molecule has 0 aromatic heterocycles. The number of hydrogen-bond donors (Lipinski definition) is 0. The first-order valence-corrected chi connectivity index (χ1v) is 7.34. The zero-order chi connectivity index (χ0) is 11.9. The van der Waals surface area contributed by atoms with Crippen LogP contribution in [0.5, 0.6) is 0 Å². The first-order valence-electron chi connectivity index (χ1n) is 7.34. The zero-order valence-corrected chi connectivity index (χ0v) is 11.5. The van der Waals surface area contributed by atoms with Crippen molar-refractivity contribution in [1.82, 2.24) is 0 Å². The molecule has 0 atom stereocenters. The molecular formula is C16H31. The zero-order valence-electron chi connectivity index (χ0n) is 11.5. The van der Waals surface area contributed by atoms with E-state index in [1.54, 1.807) is 0 Å². The summed E-state index contributed by atoms with van der Waals surface area (Å²) < 4.78 is 0. The SMILES string of the molecule is C[CH]CCCCCCCC/C=C/CCCC. The second-order valence-corrected chi connectivity index (χ2v) is 4.72. The maximum absolute atomic E-state index is 2.38. The van der Waals surface area contributed by atoms with Gasteiger partial charge in [0.05, 0.1) is 0 Å². The first-order chi connectivity index (χ1) is 7.91. The van der Waals surface area contributed by atoms with Gasteiger partial charge in [-0.15, -0.1) is 0 Å². The van der Waals surface area contributed by atoms with Gasteiger partial charge in [0.2, 0.25) is 0 Å². The molecule has 0 saturated heterocycles. The van der Waals surface area contributed by atoms with Crippen molar-refractivity contribution in [3.05, 3.63) is 18.6 Å². The topological polar surface area (TPSA) is 0 Å². The van der Waals surface area contributed by atoms with Gasteiger partial charge in [-0.3, -0.25) is 0 Å². The second-order valence-electron chi connectivity index (χ2n) is 4.72. The molecule has 0 heterocycles. The Morgan fingerprint density at radius 2 is 1.12 bits per heavy atom. The van der Waals surface area contributed by atoms with Crippen LogP contribution in [0.15, 0.2) is 12.2 Å². The molecule has 0 aliphatic rings. The minimum atomic E-state index is 1.28. The molecule has 0 nitrogen and oxygen atoms in total. The van der Waals surface area contributed by atoms with Gasteiger partial charge < -0.3 is 0 Å². The van der Waals surface area contributed by atoms with Gasteiger partial charge in [-0.2, -0.15) is 0 Å². The summed E-state index contributed by atoms with van der Waals surface area (Å²) in [6.07, 6.45) is 22.1. The van der Waals surface area contributed by atoms with Crippen LogP contribution in [0.2, 0.25) is 0 Å². The summed E-state index contributed by atoms with van der Waals surface area (Å²) in [4.78, 5) is 0. The maximum atomic E-state index is 2.38. The van der Waals surface area contributed by atoms with E-state index in [0.717, 1.165) is 0 Å². The molecule has 0 aromatic rings. The van der Waals surface area contributed by atoms with Crippen LogP contribution >= 0.6 is 0 Å². The van der Waals surface area contributed by atoms with E-state index >= 15 is 0 Å². The molecule has 0 fully saturated rings. The lowest BCUT2D eigenvalue weighted by Crippen LogP contribution is -1.80. The van der Waals surface area contributed by atoms with Crippen molar-refractivity contribution in [2.75, 3.05) is 0 Å². The molecule has 0 spiro atoms. The van der Waals surface area contributed by atoms with Gasteiger partial charge in [0, 0.05) is 0 Å². The molecule has 16 heavy (non-hydrogen) atoms. The van der Waals surface area contributed by atoms with Crippen molar-refractivity contribution >= 4 is 0 Å². The van der Waals surface area contributed by atoms with E-state index in [1.807, 2.05) is 0 Å². The lowest BCUT2D eigenvalue weighted by Gasteiger charge is -1.99. The molecule has 0 amide bonds. The maximum Gasteiger partial charge on any atom is -0.0351 e. The Balaban J connectivity index is 2.95. The number of allylic oxidation sites excluding steroid dienone is 2. The van der Waals surface area contributed by atoms with Crippen LogP contribution in [0.1, 0.15) is 84.5 Å². The molecule has 95 valence electrons. The Kier molecular flexibility index (Phi) is 14.5. The fourth-order valence-corrected chi connectivity index (χ4v) is 1.88. The van der Waals surface area contributed by atoms with Crippen LogP contribution < -0.4 is 0 Å². The highest BCUT2D eigenvalue weighted by molar-refractivity contribution is 4.81. The normalized spacial score (nSPS) is 11.4. The van der Waals surface area contributed by atoms with E-state index in [4.69, 9.17) is 0 Å². The quantitative estimate of drug-likeness (QED) is 0.278. The van der Waals surface area contributed by atoms with E-state index in [-0.39, 0.29) is 0 Å². The van der Waals surface area contributed by atoms with Gasteiger partial charge >= 0.3 is 0 Å². The van der Waals surface area contributed by atoms with Crippen LogP contribution in [-0.4, -0.2) is 0 Å². The van der Waals surface area contributed by atoms with Gasteiger partial charge in [0.25, 0.3) is 0 Å². The highest BCUT2D eigenvalue weighted by atomic mass is 14.0. The summed E-state index contributed by atoms with van der Waals surface area (Å²) in [5.74, 6) is 0. The van der Waals surface area contributed by atoms with Crippen molar-refractivity contribution in [3.63, 3.8) is 0 Å². The summed E-state index contributed by atoms with van der Waals surface area (Å²) in [5, 5.41) is 0. The smallest absolute Gasteiger partial charge is 0.0351 e. The average molecular weight is 223 g/mol. The molecule has 0 N–H and O–H groups in total. The van der Waals surface area contributed by atoms with Crippen LogP contribution in [0.25, 0.3) is 0 Å². The van der Waals surface area contributed by atoms with Gasteiger partial charge in [-0.1, -0.05) is 77.4 Å². The predicted octanol–water partition coefficient (Wildman–Crippen LogP) is 6.08. The molecule has 0 aromatic carbocycles. The summed E-state index contributed by atoms with van der Waals surface area (Å²) in [5.41, 5.74) is 0. The minimum Gasteiger partial charge on any atom is -0.0885 e. The Morgan fingerprint density at radius 1 is 0.625 bits per heavy atom. The summed E-state index contributed by atoms with van der Waals surface area (Å²) in [7, 11) is 0. The lowest BCUT2D eigenvalue weighted by molar-refractivity contribution is 0.595. The molecule has 0 unspecified atom stereocenters. The van der Waals surface area contributed by atoms with E-state index < -0.39 is 0 Å². The van der Waals surface area contributed by atoms with E-state index in [1.165, 1.54) is 70.6 Å². The van der Waals surface area contributed by atoms with Crippen molar-refractivity contribution in [2.45, 2.75) is 84.5 Å². The number of unbranched alkanes of at least 4 members (excludes halogenated alkanes) is 10. The van der Waals surface area contributed by atoms with Crippen molar-refractivity contribution < 1.29 is 0 Å². The summed E-state index contributed by atoms with van der Waals surface area (Å²) >= 11 is 0. The third kappa shape index (κ3) is 13.7. The highest BCUT2D eigenvalue weighted by Crippen LogP contribution is 2.09. The molecule has 1 radical (unpaired) electrons. The summed E-state index contributed by atoms with van der Waals surface area (Å²) in [6.45, 7) is 4.41. The summed E-state index contributed by atoms with van der Waals surface area (Å²) in [6, 6.07) is 0. The van der Waals surface area contributed by atoms with Gasteiger partial charge in [-0.05, 0) is 25.7 Å². The standard InChI is InChI=1S/C16H31/c1-3-5-7-9-11-13-15-16-14-12-10-8-6-4-2/h3,10,12H,4-9,11,13-16H2,1-2H3/b12-10+. The van der Waals surface area contributed by atoms with E-state index in [0.29, 0.717) is 0 Å². The van der Waals surface area contributed by atoms with Crippen LogP contribution in [0.3, 0.4) is 0 Å². The van der Waals surface area contributed by atoms with Crippen LogP contribution in [0.4, 0.5) is 0 Å². The predicted molar refractivity (Wildman–Crippen MR) is 75.6 cm³/mol. The third-order valence-corrected chi connectivity index (χ3v) is 3.00. The van der Waals surface area contributed by atoms with Crippen LogP contribution in [0, 0.1) is 6.42 Å². The fraction of sp³-hybridized carbons (Fsp3) is 0.812. The lowest BCUT2D eigenvalue weighted by atomic mass is 10.1. The Bertz CT molecular complexity index is 135. The largest absolute Gasteiger partial charge is 0.0885 e.